The predicted molar refractivity (Wildman–Crippen MR) is 126 cm³/mol. The van der Waals surface area contributed by atoms with Gasteiger partial charge in [0.2, 0.25) is 0 Å². The first-order chi connectivity index (χ1) is 14.8. The molecule has 4 aliphatic rings. The SMILES string of the molecule is COc1cc(CNC23CC4C[C@@](C)(C2)C[C@](C)(C4)C3)ccc1OCc1cccc(Cl)c1. The lowest BCUT2D eigenvalue weighted by atomic mass is 9.43. The Labute approximate surface area is 191 Å². The predicted octanol–water partition coefficient (Wildman–Crippen LogP) is 6.77. The van der Waals surface area contributed by atoms with E-state index in [0.29, 0.717) is 23.0 Å². The monoisotopic (exact) mass is 439 g/mol. The van der Waals surface area contributed by atoms with Gasteiger partial charge in [-0.15, -0.1) is 0 Å². The molecule has 6 rings (SSSR count). The third kappa shape index (κ3) is 4.32. The largest absolute Gasteiger partial charge is 0.493 e. The minimum atomic E-state index is 0.303. The molecule has 1 N–H and O–H groups in total. The third-order valence-electron chi connectivity index (χ3n) is 7.81. The number of halogens is 1. The van der Waals surface area contributed by atoms with E-state index >= 15 is 0 Å². The van der Waals surface area contributed by atoms with Crippen LogP contribution in [0.5, 0.6) is 11.5 Å². The van der Waals surface area contributed by atoms with Crippen LogP contribution in [0.3, 0.4) is 0 Å². The van der Waals surface area contributed by atoms with Crippen LogP contribution in [0.2, 0.25) is 5.02 Å². The zero-order valence-electron chi connectivity index (χ0n) is 19.0. The van der Waals surface area contributed by atoms with Crippen molar-refractivity contribution in [3.8, 4) is 11.5 Å². The van der Waals surface area contributed by atoms with E-state index < -0.39 is 0 Å². The van der Waals surface area contributed by atoms with Crippen LogP contribution in [0.4, 0.5) is 0 Å². The van der Waals surface area contributed by atoms with Crippen LogP contribution in [0, 0.1) is 16.7 Å². The van der Waals surface area contributed by atoms with Crippen LogP contribution in [-0.2, 0) is 13.2 Å². The first-order valence-electron chi connectivity index (χ1n) is 11.6. The van der Waals surface area contributed by atoms with E-state index in [9.17, 15) is 0 Å². The highest BCUT2D eigenvalue weighted by Gasteiger charge is 2.59. The summed E-state index contributed by atoms with van der Waals surface area (Å²) >= 11 is 6.08. The van der Waals surface area contributed by atoms with E-state index in [1.165, 1.54) is 44.1 Å². The molecule has 4 atom stereocenters. The minimum absolute atomic E-state index is 0.303. The molecule has 2 aromatic rings. The number of rotatable bonds is 7. The van der Waals surface area contributed by atoms with E-state index in [1.807, 2.05) is 30.3 Å². The van der Waals surface area contributed by atoms with Gasteiger partial charge in [0.05, 0.1) is 7.11 Å². The van der Waals surface area contributed by atoms with Crippen LogP contribution in [-0.4, -0.2) is 12.6 Å². The Hall–Kier alpha value is -1.71. The Kier molecular flexibility index (Phi) is 5.26. The van der Waals surface area contributed by atoms with Gasteiger partial charge in [-0.05, 0) is 90.7 Å². The van der Waals surface area contributed by atoms with Gasteiger partial charge < -0.3 is 14.8 Å². The molecule has 4 bridgehead atoms. The van der Waals surface area contributed by atoms with Gasteiger partial charge >= 0.3 is 0 Å². The highest BCUT2D eigenvalue weighted by Crippen LogP contribution is 2.66. The Morgan fingerprint density at radius 3 is 2.39 bits per heavy atom. The molecule has 31 heavy (non-hydrogen) atoms. The molecule has 0 aliphatic heterocycles. The fourth-order valence-corrected chi connectivity index (χ4v) is 7.88. The van der Waals surface area contributed by atoms with E-state index in [-0.39, 0.29) is 0 Å². The molecule has 0 saturated heterocycles. The molecule has 2 aromatic carbocycles. The standard InChI is InChI=1S/C27H34ClNO2/c1-25-11-21-12-26(2,16-25)18-27(13-21,17-25)29-14-19-7-8-23(24(10-19)30-3)31-15-20-5-4-6-22(28)9-20/h4-10,21,29H,11-18H2,1-3H3/t21?,25-,26+,27?. The summed E-state index contributed by atoms with van der Waals surface area (Å²) in [6.45, 7) is 6.41. The minimum Gasteiger partial charge on any atom is -0.493 e. The zero-order chi connectivity index (χ0) is 21.7. The van der Waals surface area contributed by atoms with Crippen LogP contribution < -0.4 is 14.8 Å². The summed E-state index contributed by atoms with van der Waals surface area (Å²) < 4.78 is 11.7. The molecule has 4 aliphatic carbocycles. The summed E-state index contributed by atoms with van der Waals surface area (Å²) in [5.74, 6) is 2.45. The Morgan fingerprint density at radius 2 is 1.71 bits per heavy atom. The average Bonchev–Trinajstić information content (AvgIpc) is 2.68. The molecule has 0 amide bonds. The normalized spacial score (nSPS) is 33.5. The fraction of sp³-hybridized carbons (Fsp3) is 0.556. The molecule has 166 valence electrons. The molecular weight excluding hydrogens is 406 g/mol. The smallest absolute Gasteiger partial charge is 0.161 e. The molecule has 2 unspecified atom stereocenters. The fourth-order valence-electron chi connectivity index (χ4n) is 7.66. The van der Waals surface area contributed by atoms with Gasteiger partial charge in [-0.2, -0.15) is 0 Å². The molecule has 4 saturated carbocycles. The summed E-state index contributed by atoms with van der Waals surface area (Å²) in [6, 6.07) is 14.1. The molecule has 0 spiro atoms. The molecular formula is C27H34ClNO2. The first-order valence-corrected chi connectivity index (χ1v) is 11.9. The van der Waals surface area contributed by atoms with Crippen molar-refractivity contribution >= 4 is 11.6 Å². The maximum atomic E-state index is 6.08. The van der Waals surface area contributed by atoms with Crippen molar-refractivity contribution in [2.45, 2.75) is 71.1 Å². The molecule has 4 fully saturated rings. The number of benzene rings is 2. The molecule has 3 nitrogen and oxygen atoms in total. The molecule has 0 aromatic heterocycles. The van der Waals surface area contributed by atoms with Crippen LogP contribution >= 0.6 is 11.6 Å². The van der Waals surface area contributed by atoms with Crippen molar-refractivity contribution in [1.82, 2.24) is 5.32 Å². The zero-order valence-corrected chi connectivity index (χ0v) is 19.7. The van der Waals surface area contributed by atoms with Crippen molar-refractivity contribution in [3.05, 3.63) is 58.6 Å². The number of nitrogens with one attached hydrogen (secondary N) is 1. The van der Waals surface area contributed by atoms with E-state index in [0.717, 1.165) is 34.5 Å². The van der Waals surface area contributed by atoms with Crippen molar-refractivity contribution in [3.63, 3.8) is 0 Å². The number of hydrogen-bond donors (Lipinski definition) is 1. The van der Waals surface area contributed by atoms with Crippen molar-refractivity contribution in [2.75, 3.05) is 7.11 Å². The van der Waals surface area contributed by atoms with Gasteiger partial charge in [0, 0.05) is 17.1 Å². The van der Waals surface area contributed by atoms with Gasteiger partial charge in [-0.3, -0.25) is 0 Å². The summed E-state index contributed by atoms with van der Waals surface area (Å²) in [5, 5.41) is 4.74. The number of hydrogen-bond acceptors (Lipinski definition) is 3. The third-order valence-corrected chi connectivity index (χ3v) is 8.04. The summed E-state index contributed by atoms with van der Waals surface area (Å²) in [6.07, 6.45) is 8.26. The topological polar surface area (TPSA) is 30.5 Å². The van der Waals surface area contributed by atoms with Crippen LogP contribution in [0.15, 0.2) is 42.5 Å². The van der Waals surface area contributed by atoms with Crippen molar-refractivity contribution in [2.24, 2.45) is 16.7 Å². The van der Waals surface area contributed by atoms with Crippen molar-refractivity contribution < 1.29 is 9.47 Å². The summed E-state index contributed by atoms with van der Waals surface area (Å²) in [5.41, 5.74) is 3.65. The lowest BCUT2D eigenvalue weighted by Gasteiger charge is -2.65. The van der Waals surface area contributed by atoms with Gasteiger partial charge in [0.25, 0.3) is 0 Å². The van der Waals surface area contributed by atoms with E-state index in [2.05, 4.69) is 31.3 Å². The summed E-state index contributed by atoms with van der Waals surface area (Å²) in [7, 11) is 1.71. The van der Waals surface area contributed by atoms with E-state index in [4.69, 9.17) is 21.1 Å². The highest BCUT2D eigenvalue weighted by molar-refractivity contribution is 6.30. The van der Waals surface area contributed by atoms with E-state index in [1.54, 1.807) is 7.11 Å². The number of methoxy groups -OCH3 is 1. The van der Waals surface area contributed by atoms with Gasteiger partial charge in [0.15, 0.2) is 11.5 Å². The molecule has 0 heterocycles. The second kappa shape index (κ2) is 7.71. The lowest BCUT2D eigenvalue weighted by Crippen LogP contribution is -2.63. The van der Waals surface area contributed by atoms with Gasteiger partial charge in [-0.1, -0.05) is 43.6 Å². The number of ether oxygens (including phenoxy) is 2. The van der Waals surface area contributed by atoms with Gasteiger partial charge in [0.1, 0.15) is 6.61 Å². The maximum Gasteiger partial charge on any atom is 0.161 e. The highest BCUT2D eigenvalue weighted by atomic mass is 35.5. The molecule has 4 heteroatoms. The van der Waals surface area contributed by atoms with Crippen LogP contribution in [0.25, 0.3) is 0 Å². The van der Waals surface area contributed by atoms with Crippen molar-refractivity contribution in [1.29, 1.82) is 0 Å². The van der Waals surface area contributed by atoms with Gasteiger partial charge in [-0.25, -0.2) is 0 Å². The average molecular weight is 440 g/mol. The Balaban J connectivity index is 1.26. The molecule has 0 radical (unpaired) electrons. The lowest BCUT2D eigenvalue weighted by molar-refractivity contribution is -0.118. The van der Waals surface area contributed by atoms with Crippen LogP contribution in [0.1, 0.15) is 63.5 Å². The second-order valence-corrected chi connectivity index (χ2v) is 11.6. The summed E-state index contributed by atoms with van der Waals surface area (Å²) in [4.78, 5) is 0. The first kappa shape index (κ1) is 21.2. The Bertz CT molecular complexity index is 955. The second-order valence-electron chi connectivity index (χ2n) is 11.2. The quantitative estimate of drug-likeness (QED) is 0.516. The Morgan fingerprint density at radius 1 is 0.935 bits per heavy atom. The maximum absolute atomic E-state index is 6.08.